The molecule has 1 heterocycles. The number of anilines is 1. The molecule has 0 spiro atoms. The monoisotopic (exact) mass is 320 g/mol. The maximum atomic E-state index is 12.5. The van der Waals surface area contributed by atoms with Gasteiger partial charge in [-0.1, -0.05) is 13.8 Å². The number of nitrogens with one attached hydrogen (secondary N) is 1. The van der Waals surface area contributed by atoms with Crippen LogP contribution in [0.5, 0.6) is 0 Å². The zero-order valence-electron chi connectivity index (χ0n) is 13.5. The van der Waals surface area contributed by atoms with Crippen LogP contribution in [0.2, 0.25) is 0 Å². The molecule has 0 radical (unpaired) electrons. The van der Waals surface area contributed by atoms with E-state index in [1.807, 2.05) is 55.6 Å². The lowest BCUT2D eigenvalue weighted by Crippen LogP contribution is -2.37. The van der Waals surface area contributed by atoms with Crippen LogP contribution in [0.3, 0.4) is 0 Å². The first-order chi connectivity index (χ1) is 10.5. The Labute approximate surface area is 136 Å². The van der Waals surface area contributed by atoms with Gasteiger partial charge in [0.2, 0.25) is 5.91 Å². The fourth-order valence-corrected chi connectivity index (χ4v) is 3.23. The topological polar surface area (TPSA) is 49.4 Å². The van der Waals surface area contributed by atoms with Gasteiger partial charge in [0.1, 0.15) is 0 Å². The third-order valence-electron chi connectivity index (χ3n) is 4.09. The summed E-state index contributed by atoms with van der Waals surface area (Å²) in [6.07, 6.45) is 0.814. The summed E-state index contributed by atoms with van der Waals surface area (Å²) in [5.74, 6) is 2.12. The Kier molecular flexibility index (Phi) is 5.89. The molecule has 1 unspecified atom stereocenters. The minimum absolute atomic E-state index is 0.00782. The van der Waals surface area contributed by atoms with Crippen molar-refractivity contribution in [2.75, 3.05) is 29.9 Å². The molecule has 1 saturated heterocycles. The Hall–Kier alpha value is -1.49. The summed E-state index contributed by atoms with van der Waals surface area (Å²) < 4.78 is 0. The van der Waals surface area contributed by atoms with E-state index in [9.17, 15) is 9.59 Å². The van der Waals surface area contributed by atoms with E-state index in [0.717, 1.165) is 42.3 Å². The number of thioether (sulfide) groups is 1. The highest BCUT2D eigenvalue weighted by atomic mass is 32.2. The highest BCUT2D eigenvalue weighted by molar-refractivity contribution is 7.99. The van der Waals surface area contributed by atoms with Crippen molar-refractivity contribution in [3.05, 3.63) is 29.3 Å². The number of carbonyl (C=O) groups excluding carboxylic acids is 2. The van der Waals surface area contributed by atoms with Gasteiger partial charge in [-0.3, -0.25) is 9.59 Å². The summed E-state index contributed by atoms with van der Waals surface area (Å²) >= 11 is 1.89. The zero-order chi connectivity index (χ0) is 16.1. The number of rotatable bonds is 4. The number of amides is 2. The maximum Gasteiger partial charge on any atom is 0.253 e. The van der Waals surface area contributed by atoms with Crippen molar-refractivity contribution < 1.29 is 9.59 Å². The molecule has 2 rings (SSSR count). The number of benzene rings is 1. The Balaban J connectivity index is 2.08. The second kappa shape index (κ2) is 7.68. The van der Waals surface area contributed by atoms with Gasteiger partial charge in [-0.15, -0.1) is 0 Å². The SMILES string of the molecule is CCC(C)C(=O)Nc1ccc(C(=O)N2CCSCC2)cc1C. The molecule has 4 nitrogen and oxygen atoms in total. The number of nitrogens with zero attached hydrogens (tertiary/aromatic N) is 1. The first-order valence-corrected chi connectivity index (χ1v) is 8.97. The molecule has 1 aromatic rings. The van der Waals surface area contributed by atoms with Crippen LogP contribution in [-0.4, -0.2) is 41.3 Å². The van der Waals surface area contributed by atoms with E-state index in [1.54, 1.807) is 0 Å². The number of aryl methyl sites for hydroxylation is 1. The first-order valence-electron chi connectivity index (χ1n) is 7.81. The van der Waals surface area contributed by atoms with E-state index in [4.69, 9.17) is 0 Å². The Morgan fingerprint density at radius 1 is 1.32 bits per heavy atom. The summed E-state index contributed by atoms with van der Waals surface area (Å²) in [5.41, 5.74) is 2.41. The molecule has 2 amide bonds. The van der Waals surface area contributed by atoms with Crippen LogP contribution in [0.1, 0.15) is 36.2 Å². The van der Waals surface area contributed by atoms with Crippen molar-refractivity contribution in [2.24, 2.45) is 5.92 Å². The van der Waals surface area contributed by atoms with E-state index < -0.39 is 0 Å². The highest BCUT2D eigenvalue weighted by Gasteiger charge is 2.19. The molecule has 0 aliphatic carbocycles. The zero-order valence-corrected chi connectivity index (χ0v) is 14.3. The van der Waals surface area contributed by atoms with E-state index in [2.05, 4.69) is 5.32 Å². The molecular weight excluding hydrogens is 296 g/mol. The minimum Gasteiger partial charge on any atom is -0.337 e. The van der Waals surface area contributed by atoms with Crippen LogP contribution in [0.25, 0.3) is 0 Å². The van der Waals surface area contributed by atoms with Gasteiger partial charge in [-0.05, 0) is 37.1 Å². The van der Waals surface area contributed by atoms with Crippen molar-refractivity contribution in [1.82, 2.24) is 4.90 Å². The van der Waals surface area contributed by atoms with Crippen LogP contribution in [0.15, 0.2) is 18.2 Å². The lowest BCUT2D eigenvalue weighted by Gasteiger charge is -2.26. The lowest BCUT2D eigenvalue weighted by atomic mass is 10.1. The molecule has 1 aliphatic rings. The van der Waals surface area contributed by atoms with Gasteiger partial charge >= 0.3 is 0 Å². The number of carbonyl (C=O) groups is 2. The van der Waals surface area contributed by atoms with E-state index >= 15 is 0 Å². The smallest absolute Gasteiger partial charge is 0.253 e. The van der Waals surface area contributed by atoms with Gasteiger partial charge in [0, 0.05) is 41.8 Å². The second-order valence-corrected chi connectivity index (χ2v) is 6.96. The molecule has 1 atom stereocenters. The second-order valence-electron chi connectivity index (χ2n) is 5.73. The predicted molar refractivity (Wildman–Crippen MR) is 92.5 cm³/mol. The molecule has 1 fully saturated rings. The van der Waals surface area contributed by atoms with Gasteiger partial charge in [0.25, 0.3) is 5.91 Å². The van der Waals surface area contributed by atoms with E-state index in [-0.39, 0.29) is 17.7 Å². The molecule has 1 N–H and O–H groups in total. The summed E-state index contributed by atoms with van der Waals surface area (Å²) in [7, 11) is 0. The molecule has 5 heteroatoms. The van der Waals surface area contributed by atoms with Crippen molar-refractivity contribution in [2.45, 2.75) is 27.2 Å². The van der Waals surface area contributed by atoms with Crippen LogP contribution >= 0.6 is 11.8 Å². The van der Waals surface area contributed by atoms with Gasteiger partial charge in [-0.25, -0.2) is 0 Å². The molecule has 0 saturated carbocycles. The number of hydrogen-bond donors (Lipinski definition) is 1. The lowest BCUT2D eigenvalue weighted by molar-refractivity contribution is -0.119. The van der Waals surface area contributed by atoms with Crippen molar-refractivity contribution in [1.29, 1.82) is 0 Å². The first kappa shape index (κ1) is 16.9. The van der Waals surface area contributed by atoms with Crippen molar-refractivity contribution in [3.63, 3.8) is 0 Å². The quantitative estimate of drug-likeness (QED) is 0.927. The summed E-state index contributed by atoms with van der Waals surface area (Å²) in [6, 6.07) is 5.52. The Bertz CT molecular complexity index is 554. The van der Waals surface area contributed by atoms with Gasteiger partial charge in [0.05, 0.1) is 0 Å². The normalized spacial score (nSPS) is 16.2. The standard InChI is InChI=1S/C17H24N2O2S/c1-4-12(2)16(20)18-15-6-5-14(11-13(15)3)17(21)19-7-9-22-10-8-19/h5-6,11-12H,4,7-10H2,1-3H3,(H,18,20). The highest BCUT2D eigenvalue weighted by Crippen LogP contribution is 2.20. The molecule has 1 aliphatic heterocycles. The fraction of sp³-hybridized carbons (Fsp3) is 0.529. The predicted octanol–water partition coefficient (Wildman–Crippen LogP) is 3.17. The molecule has 0 bridgehead atoms. The molecule has 0 aromatic heterocycles. The fourth-order valence-electron chi connectivity index (χ4n) is 2.33. The van der Waals surface area contributed by atoms with Gasteiger partial charge in [-0.2, -0.15) is 11.8 Å². The van der Waals surface area contributed by atoms with Gasteiger partial charge < -0.3 is 10.2 Å². The number of hydrogen-bond acceptors (Lipinski definition) is 3. The van der Waals surface area contributed by atoms with Crippen LogP contribution in [0.4, 0.5) is 5.69 Å². The summed E-state index contributed by atoms with van der Waals surface area (Å²) in [4.78, 5) is 26.3. The van der Waals surface area contributed by atoms with Crippen LogP contribution in [-0.2, 0) is 4.79 Å². The molecule has 22 heavy (non-hydrogen) atoms. The van der Waals surface area contributed by atoms with E-state index in [1.165, 1.54) is 0 Å². The Morgan fingerprint density at radius 3 is 2.59 bits per heavy atom. The van der Waals surface area contributed by atoms with E-state index in [0.29, 0.717) is 5.56 Å². The maximum absolute atomic E-state index is 12.5. The van der Waals surface area contributed by atoms with Gasteiger partial charge in [0.15, 0.2) is 0 Å². The van der Waals surface area contributed by atoms with Crippen molar-refractivity contribution in [3.8, 4) is 0 Å². The molecule has 1 aromatic carbocycles. The Morgan fingerprint density at radius 2 is 2.00 bits per heavy atom. The van der Waals surface area contributed by atoms with Crippen LogP contribution < -0.4 is 5.32 Å². The third-order valence-corrected chi connectivity index (χ3v) is 5.03. The average Bonchev–Trinajstić information content (AvgIpc) is 2.55. The third kappa shape index (κ3) is 4.03. The minimum atomic E-state index is -0.00782. The summed E-state index contributed by atoms with van der Waals surface area (Å²) in [5, 5.41) is 2.94. The average molecular weight is 320 g/mol. The van der Waals surface area contributed by atoms with Crippen LogP contribution in [0, 0.1) is 12.8 Å². The molecule has 120 valence electrons. The molecular formula is C17H24N2O2S. The largest absolute Gasteiger partial charge is 0.337 e. The summed E-state index contributed by atoms with van der Waals surface area (Å²) in [6.45, 7) is 7.46. The van der Waals surface area contributed by atoms with Crippen molar-refractivity contribution >= 4 is 29.3 Å².